The summed E-state index contributed by atoms with van der Waals surface area (Å²) in [5, 5.41) is 5.63. The van der Waals surface area contributed by atoms with Gasteiger partial charge in [0.1, 0.15) is 6.33 Å². The van der Waals surface area contributed by atoms with Crippen molar-refractivity contribution in [2.45, 2.75) is 16.1 Å². The van der Waals surface area contributed by atoms with Crippen LogP contribution >= 0.6 is 12.2 Å². The quantitative estimate of drug-likeness (QED) is 0.700. The molecule has 0 atom stereocenters. The molecule has 11 heteroatoms. The molecule has 0 aliphatic heterocycles. The summed E-state index contributed by atoms with van der Waals surface area (Å²) in [5.74, 6) is 0. The fourth-order valence-corrected chi connectivity index (χ4v) is 3.49. The van der Waals surface area contributed by atoms with Gasteiger partial charge in [0.2, 0.25) is 9.84 Å². The zero-order valence-corrected chi connectivity index (χ0v) is 13.9. The Labute approximate surface area is 144 Å². The van der Waals surface area contributed by atoms with Crippen LogP contribution in [-0.4, -0.2) is 28.2 Å². The van der Waals surface area contributed by atoms with Gasteiger partial charge in [0.25, 0.3) is 0 Å². The SMILES string of the molecule is O=S(=O)(c1ccc(-n2cn[nH]c2=S)cc1)c1cc(C(F)(F)F)ccn1. The van der Waals surface area contributed by atoms with Crippen molar-refractivity contribution in [1.29, 1.82) is 0 Å². The number of alkyl halides is 3. The number of rotatable bonds is 3. The first kappa shape index (κ1) is 17.3. The topological polar surface area (TPSA) is 80.6 Å². The summed E-state index contributed by atoms with van der Waals surface area (Å²) in [6, 6.07) is 6.68. The fraction of sp³-hybridized carbons (Fsp3) is 0.0714. The summed E-state index contributed by atoms with van der Waals surface area (Å²) in [6.07, 6.45) is -2.43. The van der Waals surface area contributed by atoms with Crippen molar-refractivity contribution < 1.29 is 21.6 Å². The number of sulfone groups is 1. The molecule has 2 heterocycles. The highest BCUT2D eigenvalue weighted by molar-refractivity contribution is 7.91. The second kappa shape index (κ2) is 6.08. The Balaban J connectivity index is 2.01. The van der Waals surface area contributed by atoms with Gasteiger partial charge >= 0.3 is 6.18 Å². The van der Waals surface area contributed by atoms with E-state index >= 15 is 0 Å². The van der Waals surface area contributed by atoms with Crippen LogP contribution in [0, 0.1) is 4.77 Å². The molecular weight excluding hydrogens is 377 g/mol. The van der Waals surface area contributed by atoms with Crippen molar-refractivity contribution >= 4 is 22.1 Å². The molecule has 0 fully saturated rings. The van der Waals surface area contributed by atoms with Gasteiger partial charge in [-0.05, 0) is 48.6 Å². The van der Waals surface area contributed by atoms with Crippen LogP contribution in [0.5, 0.6) is 0 Å². The average molecular weight is 386 g/mol. The van der Waals surface area contributed by atoms with Gasteiger partial charge in [-0.25, -0.2) is 13.4 Å². The molecule has 2 aromatic heterocycles. The van der Waals surface area contributed by atoms with E-state index in [2.05, 4.69) is 15.2 Å². The maximum Gasteiger partial charge on any atom is 0.416 e. The molecule has 1 aromatic carbocycles. The molecule has 0 radical (unpaired) electrons. The largest absolute Gasteiger partial charge is 0.416 e. The normalized spacial score (nSPS) is 12.3. The van der Waals surface area contributed by atoms with Gasteiger partial charge in [-0.2, -0.15) is 18.3 Å². The monoisotopic (exact) mass is 386 g/mol. The van der Waals surface area contributed by atoms with Crippen LogP contribution in [0.2, 0.25) is 0 Å². The summed E-state index contributed by atoms with van der Waals surface area (Å²) in [4.78, 5) is 3.38. The van der Waals surface area contributed by atoms with Gasteiger partial charge in [0.15, 0.2) is 9.80 Å². The molecule has 3 aromatic rings. The highest BCUT2D eigenvalue weighted by Crippen LogP contribution is 2.31. The van der Waals surface area contributed by atoms with Crippen molar-refractivity contribution in [1.82, 2.24) is 19.7 Å². The van der Waals surface area contributed by atoms with Crippen molar-refractivity contribution in [2.24, 2.45) is 0 Å². The van der Waals surface area contributed by atoms with Crippen LogP contribution < -0.4 is 0 Å². The first-order valence-electron chi connectivity index (χ1n) is 6.70. The summed E-state index contributed by atoms with van der Waals surface area (Å²) in [7, 11) is -4.19. The smallest absolute Gasteiger partial charge is 0.275 e. The summed E-state index contributed by atoms with van der Waals surface area (Å²) in [5.41, 5.74) is -0.530. The molecule has 0 saturated heterocycles. The van der Waals surface area contributed by atoms with Crippen molar-refractivity contribution in [3.05, 3.63) is 59.3 Å². The summed E-state index contributed by atoms with van der Waals surface area (Å²) < 4.78 is 65.1. The Morgan fingerprint density at radius 2 is 1.80 bits per heavy atom. The minimum Gasteiger partial charge on any atom is -0.275 e. The zero-order valence-electron chi connectivity index (χ0n) is 12.2. The number of aromatic nitrogens is 4. The number of H-pyrrole nitrogens is 1. The van der Waals surface area contributed by atoms with Crippen LogP contribution in [-0.2, 0) is 16.0 Å². The lowest BCUT2D eigenvalue weighted by Gasteiger charge is -2.09. The molecule has 0 saturated carbocycles. The van der Waals surface area contributed by atoms with Gasteiger partial charge in [-0.3, -0.25) is 9.67 Å². The maximum atomic E-state index is 12.8. The van der Waals surface area contributed by atoms with E-state index in [0.717, 1.165) is 6.20 Å². The molecular formula is C14H9F3N4O2S2. The van der Waals surface area contributed by atoms with E-state index in [1.807, 2.05) is 0 Å². The lowest BCUT2D eigenvalue weighted by Crippen LogP contribution is -2.10. The fourth-order valence-electron chi connectivity index (χ4n) is 2.07. The Kier molecular flexibility index (Phi) is 4.21. The van der Waals surface area contributed by atoms with E-state index in [0.29, 0.717) is 22.6 Å². The molecule has 25 heavy (non-hydrogen) atoms. The third-order valence-corrected chi connectivity index (χ3v) is 5.27. The Bertz CT molecular complexity index is 1070. The lowest BCUT2D eigenvalue weighted by molar-refractivity contribution is -0.137. The Morgan fingerprint density at radius 1 is 1.12 bits per heavy atom. The molecule has 1 N–H and O–H groups in total. The number of pyridine rings is 1. The highest BCUT2D eigenvalue weighted by Gasteiger charge is 2.32. The van der Waals surface area contributed by atoms with Crippen molar-refractivity contribution in [2.75, 3.05) is 0 Å². The maximum absolute atomic E-state index is 12.8. The van der Waals surface area contributed by atoms with Crippen LogP contribution in [0.3, 0.4) is 0 Å². The van der Waals surface area contributed by atoms with Crippen molar-refractivity contribution in [3.8, 4) is 5.69 Å². The molecule has 0 bridgehead atoms. The lowest BCUT2D eigenvalue weighted by atomic mass is 10.3. The number of hydrogen-bond acceptors (Lipinski definition) is 5. The molecule has 0 aliphatic carbocycles. The second-order valence-electron chi connectivity index (χ2n) is 4.91. The Hall–Kier alpha value is -2.53. The second-order valence-corrected chi connectivity index (χ2v) is 7.19. The first-order chi connectivity index (χ1) is 11.7. The molecule has 6 nitrogen and oxygen atoms in total. The number of hydrogen-bond donors (Lipinski definition) is 1. The van der Waals surface area contributed by atoms with Crippen LogP contribution in [0.15, 0.2) is 58.8 Å². The van der Waals surface area contributed by atoms with Gasteiger partial charge in [0.05, 0.1) is 10.5 Å². The molecule has 3 rings (SSSR count). The van der Waals surface area contributed by atoms with Gasteiger partial charge in [-0.1, -0.05) is 0 Å². The van der Waals surface area contributed by atoms with Crippen LogP contribution in [0.4, 0.5) is 13.2 Å². The predicted molar refractivity (Wildman–Crippen MR) is 83.4 cm³/mol. The van der Waals surface area contributed by atoms with E-state index in [1.54, 1.807) is 0 Å². The Morgan fingerprint density at radius 3 is 2.36 bits per heavy atom. The average Bonchev–Trinajstić information content (AvgIpc) is 3.00. The summed E-state index contributed by atoms with van der Waals surface area (Å²) in [6.45, 7) is 0. The molecule has 0 amide bonds. The van der Waals surface area contributed by atoms with E-state index in [1.165, 1.54) is 35.2 Å². The number of nitrogens with zero attached hydrogens (tertiary/aromatic N) is 3. The number of benzene rings is 1. The molecule has 0 unspecified atom stereocenters. The van der Waals surface area contributed by atoms with E-state index in [-0.39, 0.29) is 4.90 Å². The predicted octanol–water partition coefficient (Wildman–Crippen LogP) is 3.18. The highest BCUT2D eigenvalue weighted by atomic mass is 32.2. The zero-order chi connectivity index (χ0) is 18.2. The van der Waals surface area contributed by atoms with E-state index in [9.17, 15) is 21.6 Å². The van der Waals surface area contributed by atoms with Gasteiger partial charge in [0, 0.05) is 11.9 Å². The standard InChI is InChI=1S/C14H9F3N4O2S2/c15-14(16,17)9-5-6-18-12(7-9)25(22,23)11-3-1-10(2-4-11)21-8-19-20-13(21)24/h1-8H,(H,20,24). The third kappa shape index (κ3) is 3.33. The first-order valence-corrected chi connectivity index (χ1v) is 8.59. The van der Waals surface area contributed by atoms with Crippen molar-refractivity contribution in [3.63, 3.8) is 0 Å². The van der Waals surface area contributed by atoms with Gasteiger partial charge < -0.3 is 0 Å². The third-order valence-electron chi connectivity index (χ3n) is 3.31. The van der Waals surface area contributed by atoms with E-state index < -0.39 is 26.6 Å². The molecule has 130 valence electrons. The molecule has 0 aliphatic rings. The number of aromatic amines is 1. The van der Waals surface area contributed by atoms with Crippen LogP contribution in [0.25, 0.3) is 5.69 Å². The van der Waals surface area contributed by atoms with Crippen LogP contribution in [0.1, 0.15) is 5.56 Å². The molecule has 0 spiro atoms. The summed E-state index contributed by atoms with van der Waals surface area (Å²) >= 11 is 5.01. The number of halogens is 3. The minimum absolute atomic E-state index is 0.182. The van der Waals surface area contributed by atoms with E-state index in [4.69, 9.17) is 12.2 Å². The number of nitrogens with one attached hydrogen (secondary N) is 1. The van der Waals surface area contributed by atoms with Gasteiger partial charge in [-0.15, -0.1) is 0 Å². The minimum atomic E-state index is -4.66.